The highest BCUT2D eigenvalue weighted by atomic mass is 16.5. The van der Waals surface area contributed by atoms with E-state index in [1.807, 2.05) is 0 Å². The molecule has 19 heavy (non-hydrogen) atoms. The summed E-state index contributed by atoms with van der Waals surface area (Å²) in [7, 11) is 0. The van der Waals surface area contributed by atoms with Crippen LogP contribution in [0.4, 0.5) is 0 Å². The fourth-order valence-corrected chi connectivity index (χ4v) is 5.25. The lowest BCUT2D eigenvalue weighted by atomic mass is 9.88. The van der Waals surface area contributed by atoms with Crippen LogP contribution in [0.1, 0.15) is 51.4 Å². The first-order valence-electron chi connectivity index (χ1n) is 8.32. The van der Waals surface area contributed by atoms with Crippen molar-refractivity contribution < 1.29 is 9.84 Å². The van der Waals surface area contributed by atoms with Gasteiger partial charge >= 0.3 is 0 Å². The van der Waals surface area contributed by atoms with Crippen LogP contribution < -0.4 is 0 Å². The Morgan fingerprint density at radius 3 is 2.68 bits per heavy atom. The van der Waals surface area contributed by atoms with Gasteiger partial charge in [-0.05, 0) is 44.4 Å². The molecule has 0 aromatic rings. The molecule has 4 atom stereocenters. The summed E-state index contributed by atoms with van der Waals surface area (Å²) in [6, 6.07) is 0.727. The van der Waals surface area contributed by atoms with Gasteiger partial charge in [0.05, 0.1) is 11.7 Å². The SMILES string of the molecule is OC1CCC2CN(C3CCOC4(CCCC4)C3)CC12. The van der Waals surface area contributed by atoms with Crippen LogP contribution in [-0.4, -0.2) is 47.4 Å². The van der Waals surface area contributed by atoms with Crippen LogP contribution in [0.25, 0.3) is 0 Å². The Bertz CT molecular complexity index is 340. The molecule has 4 fully saturated rings. The molecule has 2 aliphatic heterocycles. The maximum Gasteiger partial charge on any atom is 0.0697 e. The number of likely N-dealkylation sites (tertiary alicyclic amines) is 1. The van der Waals surface area contributed by atoms with Gasteiger partial charge in [0.2, 0.25) is 0 Å². The van der Waals surface area contributed by atoms with Crippen molar-refractivity contribution in [2.24, 2.45) is 11.8 Å². The summed E-state index contributed by atoms with van der Waals surface area (Å²) in [5.74, 6) is 1.35. The summed E-state index contributed by atoms with van der Waals surface area (Å²) in [5, 5.41) is 10.1. The Hall–Kier alpha value is -0.120. The number of hydrogen-bond donors (Lipinski definition) is 1. The second-order valence-electron chi connectivity index (χ2n) is 7.41. The fraction of sp³-hybridized carbons (Fsp3) is 1.00. The number of fused-ring (bicyclic) bond motifs is 1. The zero-order valence-corrected chi connectivity index (χ0v) is 11.9. The molecule has 0 aromatic carbocycles. The Morgan fingerprint density at radius 1 is 1.05 bits per heavy atom. The summed E-state index contributed by atoms with van der Waals surface area (Å²) >= 11 is 0. The van der Waals surface area contributed by atoms with E-state index in [2.05, 4.69) is 4.90 Å². The van der Waals surface area contributed by atoms with Gasteiger partial charge in [-0.2, -0.15) is 0 Å². The van der Waals surface area contributed by atoms with E-state index < -0.39 is 0 Å². The number of aliphatic hydroxyl groups excluding tert-OH is 1. The molecular weight excluding hydrogens is 238 g/mol. The first-order valence-corrected chi connectivity index (χ1v) is 8.32. The molecule has 2 aliphatic carbocycles. The van der Waals surface area contributed by atoms with E-state index in [-0.39, 0.29) is 11.7 Å². The summed E-state index contributed by atoms with van der Waals surface area (Å²) in [4.78, 5) is 2.69. The maximum absolute atomic E-state index is 10.1. The summed E-state index contributed by atoms with van der Waals surface area (Å²) in [5.41, 5.74) is 0.235. The average molecular weight is 265 g/mol. The number of hydrogen-bond acceptors (Lipinski definition) is 3. The molecule has 4 aliphatic rings. The van der Waals surface area contributed by atoms with Gasteiger partial charge in [0.1, 0.15) is 0 Å². The summed E-state index contributed by atoms with van der Waals surface area (Å²) < 4.78 is 6.16. The lowest BCUT2D eigenvalue weighted by Crippen LogP contribution is -2.47. The first-order chi connectivity index (χ1) is 9.26. The zero-order valence-electron chi connectivity index (χ0n) is 11.9. The number of ether oxygens (including phenoxy) is 1. The zero-order chi connectivity index (χ0) is 12.9. The quantitative estimate of drug-likeness (QED) is 0.789. The standard InChI is InChI=1S/C16H27NO2/c18-15-4-3-12-10-17(11-14(12)15)13-5-8-19-16(9-13)6-1-2-7-16/h12-15,18H,1-11H2. The number of rotatable bonds is 1. The van der Waals surface area contributed by atoms with Gasteiger partial charge in [0, 0.05) is 31.7 Å². The highest BCUT2D eigenvalue weighted by Crippen LogP contribution is 2.44. The minimum Gasteiger partial charge on any atom is -0.393 e. The molecule has 0 bridgehead atoms. The third kappa shape index (κ3) is 2.14. The van der Waals surface area contributed by atoms with Gasteiger partial charge in [-0.1, -0.05) is 12.8 Å². The van der Waals surface area contributed by atoms with Gasteiger partial charge in [-0.15, -0.1) is 0 Å². The lowest BCUT2D eigenvalue weighted by molar-refractivity contribution is -0.100. The van der Waals surface area contributed by atoms with Crippen molar-refractivity contribution in [3.05, 3.63) is 0 Å². The molecule has 2 saturated carbocycles. The highest BCUT2D eigenvalue weighted by molar-refractivity contribution is 4.99. The second kappa shape index (κ2) is 4.71. The van der Waals surface area contributed by atoms with Gasteiger partial charge in [-0.25, -0.2) is 0 Å². The third-order valence-electron chi connectivity index (χ3n) is 6.35. The fourth-order valence-electron chi connectivity index (χ4n) is 5.25. The van der Waals surface area contributed by atoms with Crippen LogP contribution in [0.5, 0.6) is 0 Å². The lowest BCUT2D eigenvalue weighted by Gasteiger charge is -2.42. The van der Waals surface area contributed by atoms with Crippen molar-refractivity contribution in [3.63, 3.8) is 0 Å². The van der Waals surface area contributed by atoms with Gasteiger partial charge in [0.15, 0.2) is 0 Å². The highest BCUT2D eigenvalue weighted by Gasteiger charge is 2.47. The third-order valence-corrected chi connectivity index (χ3v) is 6.35. The first kappa shape index (κ1) is 12.6. The molecule has 2 heterocycles. The molecule has 4 rings (SSSR count). The molecule has 1 N–H and O–H groups in total. The Balaban J connectivity index is 1.42. The molecule has 1 spiro atoms. The predicted molar refractivity (Wildman–Crippen MR) is 74.0 cm³/mol. The maximum atomic E-state index is 10.1. The van der Waals surface area contributed by atoms with Crippen LogP contribution in [0.3, 0.4) is 0 Å². The average Bonchev–Trinajstić information content (AvgIpc) is 3.09. The molecule has 108 valence electrons. The van der Waals surface area contributed by atoms with Crippen molar-refractivity contribution in [1.29, 1.82) is 0 Å². The molecule has 3 nitrogen and oxygen atoms in total. The van der Waals surface area contributed by atoms with Gasteiger partial charge < -0.3 is 9.84 Å². The normalized spacial score (nSPS) is 45.9. The molecule has 0 aromatic heterocycles. The molecule has 0 radical (unpaired) electrons. The topological polar surface area (TPSA) is 32.7 Å². The molecule has 0 amide bonds. The van der Waals surface area contributed by atoms with Gasteiger partial charge in [0.25, 0.3) is 0 Å². The van der Waals surface area contributed by atoms with Crippen LogP contribution in [0, 0.1) is 11.8 Å². The smallest absolute Gasteiger partial charge is 0.0697 e. The summed E-state index contributed by atoms with van der Waals surface area (Å²) in [6.45, 7) is 3.34. The Labute approximate surface area is 116 Å². The van der Waals surface area contributed by atoms with Crippen LogP contribution in [-0.2, 0) is 4.74 Å². The second-order valence-corrected chi connectivity index (χ2v) is 7.41. The minimum absolute atomic E-state index is 0.0183. The minimum atomic E-state index is -0.0183. The Kier molecular flexibility index (Phi) is 3.13. The van der Waals surface area contributed by atoms with E-state index in [9.17, 15) is 5.11 Å². The van der Waals surface area contributed by atoms with Crippen molar-refractivity contribution >= 4 is 0 Å². The van der Waals surface area contributed by atoms with E-state index in [1.54, 1.807) is 0 Å². The molecule has 3 heteroatoms. The van der Waals surface area contributed by atoms with Gasteiger partial charge in [-0.3, -0.25) is 4.90 Å². The van der Waals surface area contributed by atoms with Crippen molar-refractivity contribution in [2.75, 3.05) is 19.7 Å². The number of nitrogens with zero attached hydrogens (tertiary/aromatic N) is 1. The Morgan fingerprint density at radius 2 is 1.89 bits per heavy atom. The van der Waals surface area contributed by atoms with E-state index in [1.165, 1.54) is 51.5 Å². The largest absolute Gasteiger partial charge is 0.393 e. The predicted octanol–water partition coefficient (Wildman–Crippen LogP) is 2.18. The van der Waals surface area contributed by atoms with Crippen LogP contribution in [0.2, 0.25) is 0 Å². The van der Waals surface area contributed by atoms with E-state index in [4.69, 9.17) is 4.74 Å². The van der Waals surface area contributed by atoms with E-state index in [0.29, 0.717) is 5.92 Å². The number of aliphatic hydroxyl groups is 1. The van der Waals surface area contributed by atoms with Crippen LogP contribution in [0.15, 0.2) is 0 Å². The molecule has 4 unspecified atom stereocenters. The van der Waals surface area contributed by atoms with Crippen LogP contribution >= 0.6 is 0 Å². The molecule has 2 saturated heterocycles. The van der Waals surface area contributed by atoms with Crippen molar-refractivity contribution in [1.82, 2.24) is 4.90 Å². The monoisotopic (exact) mass is 265 g/mol. The van der Waals surface area contributed by atoms with Crippen molar-refractivity contribution in [3.8, 4) is 0 Å². The van der Waals surface area contributed by atoms with E-state index in [0.717, 1.165) is 31.5 Å². The van der Waals surface area contributed by atoms with Crippen molar-refractivity contribution in [2.45, 2.75) is 69.1 Å². The van der Waals surface area contributed by atoms with E-state index >= 15 is 0 Å². The summed E-state index contributed by atoms with van der Waals surface area (Å²) in [6.07, 6.45) is 10.0. The molecular formula is C16H27NO2.